The first-order valence-electron chi connectivity index (χ1n) is 14.4. The lowest BCUT2D eigenvalue weighted by atomic mass is 10.0. The highest BCUT2D eigenvalue weighted by molar-refractivity contribution is 5.80. The second-order valence-electron chi connectivity index (χ2n) is 10.1. The summed E-state index contributed by atoms with van der Waals surface area (Å²) >= 11 is 0. The highest BCUT2D eigenvalue weighted by atomic mass is 15.1. The van der Waals surface area contributed by atoms with Crippen LogP contribution in [0.15, 0.2) is 126 Å². The zero-order valence-corrected chi connectivity index (χ0v) is 23.6. The van der Waals surface area contributed by atoms with Gasteiger partial charge in [0.25, 0.3) is 0 Å². The molecule has 6 rings (SSSR count). The maximum Gasteiger partial charge on any atom is 0.212 e. The van der Waals surface area contributed by atoms with Crippen molar-refractivity contribution in [1.82, 2.24) is 0 Å². The van der Waals surface area contributed by atoms with Crippen molar-refractivity contribution in [2.75, 3.05) is 22.9 Å². The lowest BCUT2D eigenvalue weighted by Gasteiger charge is -2.30. The second kappa shape index (κ2) is 11.2. The fourth-order valence-corrected chi connectivity index (χ4v) is 5.91. The molecule has 4 aromatic rings. The SMILES string of the molecule is CCN1/C(=C\C(=Cc2ccc3ccccc3[n+]2CC)/C=C2\C=Cc3ccccc3N2CC)C=Cc2ccccc21. The Morgan fingerprint density at radius 1 is 0.625 bits per heavy atom. The molecule has 0 saturated heterocycles. The topological polar surface area (TPSA) is 10.4 Å². The van der Waals surface area contributed by atoms with Crippen molar-refractivity contribution in [3.05, 3.63) is 143 Å². The van der Waals surface area contributed by atoms with Crippen molar-refractivity contribution in [2.45, 2.75) is 27.3 Å². The first kappa shape index (κ1) is 25.6. The van der Waals surface area contributed by atoms with Crippen LogP contribution in [0.2, 0.25) is 0 Å². The Bertz CT molecular complexity index is 1640. The number of hydrogen-bond acceptors (Lipinski definition) is 2. The number of aryl methyl sites for hydroxylation is 1. The van der Waals surface area contributed by atoms with Crippen molar-refractivity contribution in [2.24, 2.45) is 0 Å². The first-order chi connectivity index (χ1) is 19.7. The minimum Gasteiger partial charge on any atom is -0.341 e. The molecule has 3 aromatic carbocycles. The van der Waals surface area contributed by atoms with E-state index in [1.165, 1.54) is 50.5 Å². The molecular formula is C37H36N3+. The highest BCUT2D eigenvalue weighted by Gasteiger charge is 2.19. The molecule has 0 saturated carbocycles. The molecule has 0 fully saturated rings. The van der Waals surface area contributed by atoms with Crippen LogP contribution >= 0.6 is 0 Å². The summed E-state index contributed by atoms with van der Waals surface area (Å²) in [5.41, 5.74) is 11.0. The van der Waals surface area contributed by atoms with Crippen LogP contribution in [0.5, 0.6) is 0 Å². The quantitative estimate of drug-likeness (QED) is 0.235. The zero-order valence-electron chi connectivity index (χ0n) is 23.6. The van der Waals surface area contributed by atoms with Crippen LogP contribution in [-0.4, -0.2) is 13.1 Å². The molecule has 198 valence electrons. The van der Waals surface area contributed by atoms with Gasteiger partial charge in [-0.2, -0.15) is 4.57 Å². The lowest BCUT2D eigenvalue weighted by Crippen LogP contribution is -2.36. The lowest BCUT2D eigenvalue weighted by molar-refractivity contribution is -0.669. The van der Waals surface area contributed by atoms with Gasteiger partial charge in [-0.3, -0.25) is 0 Å². The van der Waals surface area contributed by atoms with E-state index in [-0.39, 0.29) is 0 Å². The Kier molecular flexibility index (Phi) is 7.20. The van der Waals surface area contributed by atoms with Gasteiger partial charge in [-0.25, -0.2) is 0 Å². The standard InChI is InChI=1S/C37H36N3/c1-4-38-32(22-19-29-13-7-10-16-35(29)38)25-28(26-33-23-20-30-14-8-11-17-36(30)39(33)5-2)27-34-24-21-31-15-9-12-18-37(31)40(34)6-3/h7-27H,4-6H2,1-3H3/q+1. The largest absolute Gasteiger partial charge is 0.341 e. The summed E-state index contributed by atoms with van der Waals surface area (Å²) in [4.78, 5) is 4.80. The molecule has 2 aliphatic heterocycles. The number of para-hydroxylation sites is 3. The molecule has 0 unspecified atom stereocenters. The van der Waals surface area contributed by atoms with Crippen LogP contribution in [0.4, 0.5) is 11.4 Å². The number of allylic oxidation sites excluding steroid dienone is 5. The third-order valence-electron chi connectivity index (χ3n) is 7.81. The van der Waals surface area contributed by atoms with Crippen LogP contribution in [-0.2, 0) is 6.54 Å². The molecule has 0 amide bonds. The van der Waals surface area contributed by atoms with Crippen LogP contribution in [0.25, 0.3) is 29.1 Å². The number of benzene rings is 3. The molecule has 0 aliphatic carbocycles. The van der Waals surface area contributed by atoms with Gasteiger partial charge in [0.1, 0.15) is 6.54 Å². The fraction of sp³-hybridized carbons (Fsp3) is 0.162. The van der Waals surface area contributed by atoms with Gasteiger partial charge >= 0.3 is 0 Å². The molecule has 0 bridgehead atoms. The number of fused-ring (bicyclic) bond motifs is 3. The van der Waals surface area contributed by atoms with E-state index >= 15 is 0 Å². The maximum absolute atomic E-state index is 2.40. The van der Waals surface area contributed by atoms with Gasteiger partial charge in [-0.1, -0.05) is 60.7 Å². The summed E-state index contributed by atoms with van der Waals surface area (Å²) in [5.74, 6) is 0. The predicted octanol–water partition coefficient (Wildman–Crippen LogP) is 8.41. The molecule has 40 heavy (non-hydrogen) atoms. The van der Waals surface area contributed by atoms with E-state index in [0.29, 0.717) is 0 Å². The van der Waals surface area contributed by atoms with E-state index < -0.39 is 0 Å². The molecule has 0 N–H and O–H groups in total. The van der Waals surface area contributed by atoms with E-state index in [0.717, 1.165) is 25.2 Å². The van der Waals surface area contributed by atoms with Crippen molar-refractivity contribution >= 4 is 40.5 Å². The van der Waals surface area contributed by atoms with Gasteiger partial charge in [0, 0.05) is 59.5 Å². The number of rotatable bonds is 6. The summed E-state index contributed by atoms with van der Waals surface area (Å²) in [6.45, 7) is 9.36. The molecule has 0 spiro atoms. The first-order valence-corrected chi connectivity index (χ1v) is 14.4. The Morgan fingerprint density at radius 3 is 1.75 bits per heavy atom. The third kappa shape index (κ3) is 4.80. The van der Waals surface area contributed by atoms with Crippen LogP contribution in [0.1, 0.15) is 37.6 Å². The van der Waals surface area contributed by atoms with E-state index in [9.17, 15) is 0 Å². The molecule has 0 atom stereocenters. The van der Waals surface area contributed by atoms with Gasteiger partial charge in [-0.15, -0.1) is 0 Å². The van der Waals surface area contributed by atoms with E-state index in [1.54, 1.807) is 0 Å². The summed E-state index contributed by atoms with van der Waals surface area (Å²) in [7, 11) is 0. The number of pyridine rings is 1. The average molecular weight is 523 g/mol. The minimum atomic E-state index is 0.899. The predicted molar refractivity (Wildman–Crippen MR) is 171 cm³/mol. The van der Waals surface area contributed by atoms with E-state index in [4.69, 9.17) is 0 Å². The molecule has 1 aromatic heterocycles. The molecule has 2 aliphatic rings. The Balaban J connectivity index is 1.52. The van der Waals surface area contributed by atoms with Crippen LogP contribution in [0.3, 0.4) is 0 Å². The van der Waals surface area contributed by atoms with Crippen molar-refractivity contribution < 1.29 is 4.57 Å². The second-order valence-corrected chi connectivity index (χ2v) is 10.1. The monoisotopic (exact) mass is 522 g/mol. The third-order valence-corrected chi connectivity index (χ3v) is 7.81. The number of anilines is 2. The summed E-state index contributed by atoms with van der Waals surface area (Å²) in [5, 5.41) is 1.26. The van der Waals surface area contributed by atoms with Crippen molar-refractivity contribution in [3.8, 4) is 0 Å². The Hall–Kier alpha value is -4.63. The molecular weight excluding hydrogens is 486 g/mol. The van der Waals surface area contributed by atoms with Gasteiger partial charge in [0.05, 0.1) is 0 Å². The molecule has 3 nitrogen and oxygen atoms in total. The number of nitrogens with zero attached hydrogens (tertiary/aromatic N) is 3. The summed E-state index contributed by atoms with van der Waals surface area (Å²) < 4.78 is 2.40. The van der Waals surface area contributed by atoms with Crippen molar-refractivity contribution in [3.63, 3.8) is 0 Å². The van der Waals surface area contributed by atoms with Crippen LogP contribution in [0, 0.1) is 0 Å². The Morgan fingerprint density at radius 2 is 1.18 bits per heavy atom. The van der Waals surface area contributed by atoms with Gasteiger partial charge < -0.3 is 9.80 Å². The summed E-state index contributed by atoms with van der Waals surface area (Å²) in [6, 6.07) is 30.4. The van der Waals surface area contributed by atoms with Gasteiger partial charge in [0.2, 0.25) is 11.2 Å². The number of likely N-dealkylation sites (N-methyl/N-ethyl adjacent to an activating group) is 2. The molecule has 3 heterocycles. The van der Waals surface area contributed by atoms with E-state index in [2.05, 4.69) is 163 Å². The average Bonchev–Trinajstić information content (AvgIpc) is 3.00. The highest BCUT2D eigenvalue weighted by Crippen LogP contribution is 2.33. The smallest absolute Gasteiger partial charge is 0.212 e. The minimum absolute atomic E-state index is 0.899. The zero-order chi connectivity index (χ0) is 27.5. The fourth-order valence-electron chi connectivity index (χ4n) is 5.91. The maximum atomic E-state index is 2.40. The summed E-state index contributed by atoms with van der Waals surface area (Å²) in [6.07, 6.45) is 16.0. The van der Waals surface area contributed by atoms with Crippen LogP contribution < -0.4 is 14.4 Å². The normalized spacial score (nSPS) is 16.6. The van der Waals surface area contributed by atoms with Crippen molar-refractivity contribution in [1.29, 1.82) is 0 Å². The number of hydrogen-bond donors (Lipinski definition) is 0. The number of aromatic nitrogens is 1. The molecule has 3 heteroatoms. The van der Waals surface area contributed by atoms with E-state index in [1.807, 2.05) is 0 Å². The Labute approximate surface area is 238 Å². The molecule has 0 radical (unpaired) electrons. The van der Waals surface area contributed by atoms with Gasteiger partial charge in [-0.05, 0) is 86.0 Å². The van der Waals surface area contributed by atoms with Gasteiger partial charge in [0.15, 0.2) is 0 Å².